The first-order valence-electron chi connectivity index (χ1n) is 5.59. The van der Waals surface area contributed by atoms with Crippen LogP contribution in [0.5, 0.6) is 5.75 Å². The third-order valence-electron chi connectivity index (χ3n) is 2.56. The second-order valence-corrected chi connectivity index (χ2v) is 4.37. The summed E-state index contributed by atoms with van der Waals surface area (Å²) in [5, 5.41) is 18.1. The van der Waals surface area contributed by atoms with E-state index in [-0.39, 0.29) is 17.4 Å². The summed E-state index contributed by atoms with van der Waals surface area (Å²) in [5.41, 5.74) is 1.05. The van der Waals surface area contributed by atoms with Crippen molar-refractivity contribution in [2.75, 3.05) is 0 Å². The molecule has 0 aromatic heterocycles. The van der Waals surface area contributed by atoms with Gasteiger partial charge in [0.2, 0.25) is 0 Å². The van der Waals surface area contributed by atoms with Crippen LogP contribution in [0.2, 0.25) is 5.02 Å². The van der Waals surface area contributed by atoms with Gasteiger partial charge in [0.05, 0.1) is 5.02 Å². The maximum atomic E-state index is 13.6. The van der Waals surface area contributed by atoms with E-state index in [0.29, 0.717) is 11.0 Å². The first-order valence-corrected chi connectivity index (χ1v) is 5.97. The molecule has 0 unspecified atom stereocenters. The van der Waals surface area contributed by atoms with Crippen LogP contribution < -0.4 is 10.2 Å². The molecule has 0 saturated heterocycles. The van der Waals surface area contributed by atoms with Gasteiger partial charge in [0.1, 0.15) is 6.61 Å². The molecule has 19 heavy (non-hydrogen) atoms. The Morgan fingerprint density at radius 3 is 2.63 bits per heavy atom. The van der Waals surface area contributed by atoms with E-state index in [4.69, 9.17) is 26.4 Å². The summed E-state index contributed by atoms with van der Waals surface area (Å²) in [6.07, 6.45) is 0. The highest BCUT2D eigenvalue weighted by Crippen LogP contribution is 2.24. The first kappa shape index (κ1) is 13.9. The van der Waals surface area contributed by atoms with E-state index in [1.165, 1.54) is 12.1 Å². The van der Waals surface area contributed by atoms with Crippen molar-refractivity contribution >= 4 is 24.2 Å². The van der Waals surface area contributed by atoms with Crippen LogP contribution in [0.15, 0.2) is 42.5 Å². The zero-order chi connectivity index (χ0) is 13.8. The van der Waals surface area contributed by atoms with E-state index in [2.05, 4.69) is 0 Å². The fourth-order valence-electron chi connectivity index (χ4n) is 1.60. The lowest BCUT2D eigenvalue weighted by Gasteiger charge is -2.09. The highest BCUT2D eigenvalue weighted by Gasteiger charge is 2.11. The Bertz CT molecular complexity index is 578. The van der Waals surface area contributed by atoms with Gasteiger partial charge >= 0.3 is 7.12 Å². The SMILES string of the molecule is OB(O)c1cccc(COc2cccc(Cl)c2F)c1. The minimum Gasteiger partial charge on any atom is -0.486 e. The third kappa shape index (κ3) is 3.47. The van der Waals surface area contributed by atoms with Crippen LogP contribution in [0.3, 0.4) is 0 Å². The summed E-state index contributed by atoms with van der Waals surface area (Å²) in [4.78, 5) is 0. The van der Waals surface area contributed by atoms with Crippen molar-refractivity contribution in [3.05, 3.63) is 58.9 Å². The molecule has 2 N–H and O–H groups in total. The molecule has 0 saturated carbocycles. The monoisotopic (exact) mass is 280 g/mol. The lowest BCUT2D eigenvalue weighted by molar-refractivity contribution is 0.290. The van der Waals surface area contributed by atoms with E-state index < -0.39 is 12.9 Å². The zero-order valence-electron chi connectivity index (χ0n) is 9.88. The zero-order valence-corrected chi connectivity index (χ0v) is 10.6. The summed E-state index contributed by atoms with van der Waals surface area (Å²) in [7, 11) is -1.54. The molecule has 0 radical (unpaired) electrons. The van der Waals surface area contributed by atoms with Crippen molar-refractivity contribution in [3.8, 4) is 5.75 Å². The van der Waals surface area contributed by atoms with Gasteiger partial charge in [-0.1, -0.05) is 41.9 Å². The predicted molar refractivity (Wildman–Crippen MR) is 72.0 cm³/mol. The van der Waals surface area contributed by atoms with Gasteiger partial charge in [-0.2, -0.15) is 0 Å². The largest absolute Gasteiger partial charge is 0.488 e. The van der Waals surface area contributed by atoms with Gasteiger partial charge in [-0.15, -0.1) is 0 Å². The molecular weight excluding hydrogens is 269 g/mol. The summed E-state index contributed by atoms with van der Waals surface area (Å²) in [6.45, 7) is 0.109. The number of hydrogen-bond acceptors (Lipinski definition) is 3. The summed E-state index contributed by atoms with van der Waals surface area (Å²) in [6, 6.07) is 11.1. The van der Waals surface area contributed by atoms with E-state index in [9.17, 15) is 4.39 Å². The van der Waals surface area contributed by atoms with Crippen molar-refractivity contribution in [2.24, 2.45) is 0 Å². The van der Waals surface area contributed by atoms with Crippen LogP contribution in [0.1, 0.15) is 5.56 Å². The lowest BCUT2D eigenvalue weighted by atomic mass is 9.80. The molecule has 0 spiro atoms. The average molecular weight is 280 g/mol. The standard InChI is InChI=1S/C13H11BClFO3/c15-11-5-2-6-12(13(11)16)19-8-9-3-1-4-10(7-9)14(17)18/h1-7,17-18H,8H2. The summed E-state index contributed by atoms with van der Waals surface area (Å²) in [5.74, 6) is -0.551. The van der Waals surface area contributed by atoms with Crippen molar-refractivity contribution in [1.29, 1.82) is 0 Å². The molecule has 0 aliphatic rings. The van der Waals surface area contributed by atoms with Gasteiger partial charge < -0.3 is 14.8 Å². The average Bonchev–Trinajstić information content (AvgIpc) is 2.41. The minimum absolute atomic E-state index is 0.00275. The van der Waals surface area contributed by atoms with Gasteiger partial charge in [0.25, 0.3) is 0 Å². The topological polar surface area (TPSA) is 49.7 Å². The molecule has 0 aliphatic carbocycles. The maximum Gasteiger partial charge on any atom is 0.488 e. The molecule has 0 heterocycles. The molecular formula is C13H11BClFO3. The molecule has 98 valence electrons. The Morgan fingerprint density at radius 1 is 1.16 bits per heavy atom. The highest BCUT2D eigenvalue weighted by atomic mass is 35.5. The maximum absolute atomic E-state index is 13.6. The van der Waals surface area contributed by atoms with Crippen molar-refractivity contribution in [3.63, 3.8) is 0 Å². The van der Waals surface area contributed by atoms with Gasteiger partial charge in [0.15, 0.2) is 11.6 Å². The van der Waals surface area contributed by atoms with Crippen molar-refractivity contribution < 1.29 is 19.2 Å². The highest BCUT2D eigenvalue weighted by molar-refractivity contribution is 6.58. The minimum atomic E-state index is -1.54. The molecule has 2 rings (SSSR count). The van der Waals surface area contributed by atoms with Gasteiger partial charge in [-0.05, 0) is 23.2 Å². The summed E-state index contributed by atoms with van der Waals surface area (Å²) >= 11 is 5.64. The van der Waals surface area contributed by atoms with Gasteiger partial charge in [-0.3, -0.25) is 0 Å². The van der Waals surface area contributed by atoms with Crippen LogP contribution >= 0.6 is 11.6 Å². The smallest absolute Gasteiger partial charge is 0.486 e. The molecule has 0 atom stereocenters. The fourth-order valence-corrected chi connectivity index (χ4v) is 1.77. The molecule has 0 aliphatic heterocycles. The molecule has 3 nitrogen and oxygen atoms in total. The first-order chi connectivity index (χ1) is 9.08. The lowest BCUT2D eigenvalue weighted by Crippen LogP contribution is -2.29. The third-order valence-corrected chi connectivity index (χ3v) is 2.85. The molecule has 2 aromatic carbocycles. The van der Waals surface area contributed by atoms with Crippen LogP contribution in [-0.4, -0.2) is 17.2 Å². The Morgan fingerprint density at radius 2 is 1.89 bits per heavy atom. The van der Waals surface area contributed by atoms with Crippen LogP contribution in [0.25, 0.3) is 0 Å². The van der Waals surface area contributed by atoms with Crippen LogP contribution in [-0.2, 0) is 6.61 Å². The van der Waals surface area contributed by atoms with E-state index in [1.807, 2.05) is 0 Å². The Hall–Kier alpha value is -1.56. The predicted octanol–water partition coefficient (Wildman–Crippen LogP) is 1.74. The number of ether oxygens (including phenoxy) is 1. The Balaban J connectivity index is 2.10. The van der Waals surface area contributed by atoms with Crippen molar-refractivity contribution in [1.82, 2.24) is 0 Å². The van der Waals surface area contributed by atoms with Crippen molar-refractivity contribution in [2.45, 2.75) is 6.61 Å². The Labute approximate surface area is 115 Å². The van der Waals surface area contributed by atoms with Gasteiger partial charge in [-0.25, -0.2) is 4.39 Å². The molecule has 0 amide bonds. The van der Waals surface area contributed by atoms with E-state index in [1.54, 1.807) is 30.3 Å². The fraction of sp³-hybridized carbons (Fsp3) is 0.0769. The second-order valence-electron chi connectivity index (χ2n) is 3.96. The van der Waals surface area contributed by atoms with E-state index in [0.717, 1.165) is 0 Å². The molecule has 0 fully saturated rings. The number of rotatable bonds is 4. The number of hydrogen-bond donors (Lipinski definition) is 2. The van der Waals surface area contributed by atoms with Crippen LogP contribution in [0.4, 0.5) is 4.39 Å². The van der Waals surface area contributed by atoms with Gasteiger partial charge in [0, 0.05) is 0 Å². The second kappa shape index (κ2) is 6.06. The normalized spacial score (nSPS) is 10.3. The molecule has 0 bridgehead atoms. The Kier molecular flexibility index (Phi) is 4.42. The summed E-state index contributed by atoms with van der Waals surface area (Å²) < 4.78 is 18.9. The number of benzene rings is 2. The molecule has 2 aromatic rings. The quantitative estimate of drug-likeness (QED) is 0.839. The van der Waals surface area contributed by atoms with E-state index >= 15 is 0 Å². The van der Waals surface area contributed by atoms with Crippen LogP contribution in [0, 0.1) is 5.82 Å². The molecule has 6 heteroatoms. The number of halogens is 2.